The van der Waals surface area contributed by atoms with E-state index in [1.165, 1.54) is 54.8 Å². The van der Waals surface area contributed by atoms with Crippen LogP contribution in [0.2, 0.25) is 0 Å². The third kappa shape index (κ3) is 4.74. The molecule has 0 amide bonds. The minimum absolute atomic E-state index is 0.166. The van der Waals surface area contributed by atoms with Crippen LogP contribution in [0.1, 0.15) is 24.5 Å². The van der Waals surface area contributed by atoms with Gasteiger partial charge in [0.25, 0.3) is 0 Å². The van der Waals surface area contributed by atoms with Gasteiger partial charge in [0.05, 0.1) is 16.7 Å². The standard InChI is InChI=1S/C49H35N3/c1-49-29-11-10-18-42(49)47(35-13-4-2-5-14-35)39-27-26-37(31-40(39)48(49)36-15-6-3-7-16-36)33-22-24-34(25-23-33)43-19-12-21-46(51-43)52-44-20-9-8-17-38(44)41-32-50-30-28-45(41)52/h2-28,30-32H,29H2,1H3/t49-/m0/s1. The second-order valence-corrected chi connectivity index (χ2v) is 14.0. The Morgan fingerprint density at radius 2 is 1.29 bits per heavy atom. The van der Waals surface area contributed by atoms with Crippen LogP contribution in [0.5, 0.6) is 0 Å². The molecule has 3 nitrogen and oxygen atoms in total. The lowest BCUT2D eigenvalue weighted by atomic mass is 9.62. The molecule has 52 heavy (non-hydrogen) atoms. The molecule has 5 aromatic carbocycles. The van der Waals surface area contributed by atoms with Gasteiger partial charge in [0, 0.05) is 34.1 Å². The number of para-hydroxylation sites is 1. The molecule has 0 fully saturated rings. The summed E-state index contributed by atoms with van der Waals surface area (Å²) in [4.78, 5) is 9.61. The van der Waals surface area contributed by atoms with Crippen molar-refractivity contribution in [3.05, 3.63) is 209 Å². The van der Waals surface area contributed by atoms with Crippen LogP contribution in [0, 0.1) is 5.41 Å². The zero-order valence-corrected chi connectivity index (χ0v) is 28.9. The Hall–Kier alpha value is -6.58. The summed E-state index contributed by atoms with van der Waals surface area (Å²) < 4.78 is 2.24. The maximum atomic E-state index is 5.20. The van der Waals surface area contributed by atoms with E-state index in [9.17, 15) is 0 Å². The minimum atomic E-state index is -0.166. The summed E-state index contributed by atoms with van der Waals surface area (Å²) in [6, 6.07) is 54.6. The molecular weight excluding hydrogens is 631 g/mol. The average Bonchev–Trinajstić information content (AvgIpc) is 3.55. The number of pyridine rings is 2. The highest BCUT2D eigenvalue weighted by atomic mass is 15.1. The van der Waals surface area contributed by atoms with E-state index >= 15 is 0 Å². The first-order valence-corrected chi connectivity index (χ1v) is 18.0. The molecule has 0 radical (unpaired) electrons. The van der Waals surface area contributed by atoms with Gasteiger partial charge in [0.1, 0.15) is 5.82 Å². The van der Waals surface area contributed by atoms with Gasteiger partial charge in [-0.05, 0) is 86.2 Å². The van der Waals surface area contributed by atoms with Crippen molar-refractivity contribution < 1.29 is 0 Å². The highest BCUT2D eigenvalue weighted by molar-refractivity contribution is 6.08. The Balaban J connectivity index is 1.11. The van der Waals surface area contributed by atoms with Crippen molar-refractivity contribution in [1.82, 2.24) is 14.5 Å². The van der Waals surface area contributed by atoms with Crippen LogP contribution in [0.3, 0.4) is 0 Å². The van der Waals surface area contributed by atoms with Crippen LogP contribution in [0.25, 0.3) is 61.2 Å². The summed E-state index contributed by atoms with van der Waals surface area (Å²) in [6.45, 7) is 2.43. The van der Waals surface area contributed by atoms with Gasteiger partial charge in [0.2, 0.25) is 0 Å². The SMILES string of the molecule is C[C@]12CC=CC=C1C(c1ccccc1)=c1ccc(-c3ccc(-c4cccc(-n5c6ccccc6c6cnccc65)n4)cc3)cc1=C2c1ccccc1. The lowest BCUT2D eigenvalue weighted by molar-refractivity contribution is 0.547. The monoisotopic (exact) mass is 665 g/mol. The van der Waals surface area contributed by atoms with Crippen molar-refractivity contribution in [2.75, 3.05) is 0 Å². The Kier molecular flexibility index (Phi) is 7.00. The number of fused-ring (bicyclic) bond motifs is 5. The number of hydrogen-bond donors (Lipinski definition) is 0. The number of allylic oxidation sites excluding steroid dienone is 4. The van der Waals surface area contributed by atoms with E-state index in [1.807, 2.05) is 12.4 Å². The van der Waals surface area contributed by atoms with Gasteiger partial charge in [-0.25, -0.2) is 4.98 Å². The fourth-order valence-electron chi connectivity index (χ4n) is 8.55. The molecule has 2 aliphatic carbocycles. The van der Waals surface area contributed by atoms with E-state index in [2.05, 4.69) is 186 Å². The third-order valence-electron chi connectivity index (χ3n) is 11.0. The molecule has 2 aliphatic rings. The van der Waals surface area contributed by atoms with Crippen LogP contribution in [0.4, 0.5) is 0 Å². The normalized spacial score (nSPS) is 16.5. The number of rotatable bonds is 5. The molecule has 10 rings (SSSR count). The van der Waals surface area contributed by atoms with Crippen LogP contribution in [-0.4, -0.2) is 14.5 Å². The zero-order valence-electron chi connectivity index (χ0n) is 28.9. The molecule has 0 saturated carbocycles. The second-order valence-electron chi connectivity index (χ2n) is 14.0. The zero-order chi connectivity index (χ0) is 34.6. The van der Waals surface area contributed by atoms with E-state index in [1.54, 1.807) is 0 Å². The highest BCUT2D eigenvalue weighted by Gasteiger charge is 2.39. The Bertz CT molecular complexity index is 2810. The van der Waals surface area contributed by atoms with Crippen molar-refractivity contribution in [3.63, 3.8) is 0 Å². The van der Waals surface area contributed by atoms with Crippen LogP contribution in [-0.2, 0) is 0 Å². The lowest BCUT2D eigenvalue weighted by Gasteiger charge is -2.40. The number of aromatic nitrogens is 3. The molecule has 0 spiro atoms. The summed E-state index contributed by atoms with van der Waals surface area (Å²) >= 11 is 0. The van der Waals surface area contributed by atoms with Crippen molar-refractivity contribution in [2.24, 2.45) is 5.41 Å². The lowest BCUT2D eigenvalue weighted by Crippen LogP contribution is -2.42. The predicted molar refractivity (Wildman–Crippen MR) is 214 cm³/mol. The molecule has 3 aromatic heterocycles. The van der Waals surface area contributed by atoms with Crippen molar-refractivity contribution in [2.45, 2.75) is 13.3 Å². The largest absolute Gasteiger partial charge is 0.294 e. The molecule has 0 N–H and O–H groups in total. The average molecular weight is 666 g/mol. The van der Waals surface area contributed by atoms with Gasteiger partial charge in [0.15, 0.2) is 0 Å². The molecule has 246 valence electrons. The Morgan fingerprint density at radius 3 is 2.12 bits per heavy atom. The van der Waals surface area contributed by atoms with E-state index in [0.29, 0.717) is 0 Å². The molecule has 0 aliphatic heterocycles. The number of hydrogen-bond acceptors (Lipinski definition) is 2. The molecule has 8 aromatic rings. The van der Waals surface area contributed by atoms with Gasteiger partial charge in [-0.2, -0.15) is 0 Å². The summed E-state index contributed by atoms with van der Waals surface area (Å²) in [6.07, 6.45) is 11.6. The Morgan fingerprint density at radius 1 is 0.577 bits per heavy atom. The first-order chi connectivity index (χ1) is 25.7. The fourth-order valence-corrected chi connectivity index (χ4v) is 8.55. The van der Waals surface area contributed by atoms with Gasteiger partial charge in [-0.3, -0.25) is 9.55 Å². The van der Waals surface area contributed by atoms with E-state index < -0.39 is 0 Å². The van der Waals surface area contributed by atoms with Crippen LogP contribution < -0.4 is 10.4 Å². The quantitative estimate of drug-likeness (QED) is 0.183. The maximum absolute atomic E-state index is 5.20. The smallest absolute Gasteiger partial charge is 0.138 e. The van der Waals surface area contributed by atoms with Crippen LogP contribution in [0.15, 0.2) is 188 Å². The topological polar surface area (TPSA) is 30.7 Å². The van der Waals surface area contributed by atoms with Gasteiger partial charge < -0.3 is 0 Å². The number of benzene rings is 5. The molecule has 3 heteroatoms. The molecule has 0 unspecified atom stereocenters. The molecule has 3 heterocycles. The Labute approximate surface area is 302 Å². The van der Waals surface area contributed by atoms with Crippen LogP contribution >= 0.6 is 0 Å². The minimum Gasteiger partial charge on any atom is -0.294 e. The van der Waals surface area contributed by atoms with Gasteiger partial charge in [-0.1, -0.05) is 146 Å². The van der Waals surface area contributed by atoms with Gasteiger partial charge >= 0.3 is 0 Å². The molecule has 0 saturated heterocycles. The molecule has 0 bridgehead atoms. The maximum Gasteiger partial charge on any atom is 0.138 e. The number of nitrogens with zero attached hydrogens (tertiary/aromatic N) is 3. The van der Waals surface area contributed by atoms with Gasteiger partial charge in [-0.15, -0.1) is 0 Å². The van der Waals surface area contributed by atoms with Crippen molar-refractivity contribution in [3.8, 4) is 28.2 Å². The summed E-state index contributed by atoms with van der Waals surface area (Å²) in [5.74, 6) is 0.891. The predicted octanol–water partition coefficient (Wildman–Crippen LogP) is 10.2. The van der Waals surface area contributed by atoms with E-state index in [4.69, 9.17) is 4.98 Å². The van der Waals surface area contributed by atoms with Crippen molar-refractivity contribution >= 4 is 33.0 Å². The summed E-state index contributed by atoms with van der Waals surface area (Å²) in [7, 11) is 0. The molecule has 1 atom stereocenters. The highest BCUT2D eigenvalue weighted by Crippen LogP contribution is 2.50. The molecular formula is C49H35N3. The third-order valence-corrected chi connectivity index (χ3v) is 11.0. The van der Waals surface area contributed by atoms with E-state index in [0.717, 1.165) is 39.9 Å². The second kappa shape index (κ2) is 12.0. The summed E-state index contributed by atoms with van der Waals surface area (Å²) in [5.41, 5.74) is 13.1. The fraction of sp³-hybridized carbons (Fsp3) is 0.0612. The first kappa shape index (κ1) is 30.3. The van der Waals surface area contributed by atoms with E-state index in [-0.39, 0.29) is 5.41 Å². The van der Waals surface area contributed by atoms with Crippen molar-refractivity contribution in [1.29, 1.82) is 0 Å². The summed E-state index contributed by atoms with van der Waals surface area (Å²) in [5, 5.41) is 4.89. The first-order valence-electron chi connectivity index (χ1n) is 18.0.